The van der Waals surface area contributed by atoms with E-state index in [-0.39, 0.29) is 12.5 Å². The van der Waals surface area contributed by atoms with Crippen molar-refractivity contribution < 1.29 is 14.6 Å². The normalized spacial score (nSPS) is 15.8. The molecule has 0 saturated carbocycles. The number of rotatable bonds is 4. The van der Waals surface area contributed by atoms with Crippen LogP contribution in [-0.4, -0.2) is 31.3 Å². The second-order valence-corrected chi connectivity index (χ2v) is 4.50. The van der Waals surface area contributed by atoms with Gasteiger partial charge in [-0.2, -0.15) is 0 Å². The highest BCUT2D eigenvalue weighted by Crippen LogP contribution is 2.37. The Morgan fingerprint density at radius 1 is 1.61 bits per heavy atom. The number of para-hydroxylation sites is 1. The summed E-state index contributed by atoms with van der Waals surface area (Å²) in [7, 11) is 2.01. The molecule has 0 bridgehead atoms. The molecule has 1 aromatic rings. The van der Waals surface area contributed by atoms with Crippen LogP contribution in [0, 0.1) is 0 Å². The predicted octanol–water partition coefficient (Wildman–Crippen LogP) is 1.38. The molecular formula is C13H18N2O3. The van der Waals surface area contributed by atoms with Crippen molar-refractivity contribution in [1.29, 1.82) is 0 Å². The maximum absolute atomic E-state index is 10.6. The van der Waals surface area contributed by atoms with E-state index in [1.165, 1.54) is 0 Å². The maximum atomic E-state index is 10.6. The molecular weight excluding hydrogens is 232 g/mol. The first kappa shape index (κ1) is 12.7. The minimum atomic E-state index is -0.826. The minimum absolute atomic E-state index is 0.0701. The first-order valence-electron chi connectivity index (χ1n) is 6.04. The fraction of sp³-hybridized carbons (Fsp3) is 0.462. The first-order valence-corrected chi connectivity index (χ1v) is 6.04. The summed E-state index contributed by atoms with van der Waals surface area (Å²) in [6.07, 6.45) is 0.486. The number of nitrogens with two attached hydrogens (primary N) is 1. The van der Waals surface area contributed by atoms with Crippen LogP contribution in [0.3, 0.4) is 0 Å². The largest absolute Gasteiger partial charge is 0.489 e. The number of carboxylic acids is 1. The highest BCUT2D eigenvalue weighted by Gasteiger charge is 2.21. The summed E-state index contributed by atoms with van der Waals surface area (Å²) < 4.78 is 5.68. The maximum Gasteiger partial charge on any atom is 0.303 e. The fourth-order valence-electron chi connectivity index (χ4n) is 2.13. The molecule has 3 N–H and O–H groups in total. The van der Waals surface area contributed by atoms with Crippen LogP contribution in [0.15, 0.2) is 18.2 Å². The number of hydrogen-bond donors (Lipinski definition) is 2. The van der Waals surface area contributed by atoms with Gasteiger partial charge in [-0.3, -0.25) is 4.79 Å². The number of ether oxygens (including phenoxy) is 1. The van der Waals surface area contributed by atoms with Gasteiger partial charge in [0.1, 0.15) is 12.4 Å². The van der Waals surface area contributed by atoms with Gasteiger partial charge in [0.25, 0.3) is 0 Å². The lowest BCUT2D eigenvalue weighted by Crippen LogP contribution is -2.30. The average Bonchev–Trinajstić information content (AvgIpc) is 2.36. The summed E-state index contributed by atoms with van der Waals surface area (Å²) in [6.45, 7) is 1.48. The van der Waals surface area contributed by atoms with Crippen molar-refractivity contribution in [2.45, 2.75) is 18.9 Å². The topological polar surface area (TPSA) is 75.8 Å². The van der Waals surface area contributed by atoms with Crippen LogP contribution in [0.2, 0.25) is 0 Å². The molecule has 1 aliphatic rings. The van der Waals surface area contributed by atoms with Gasteiger partial charge in [-0.15, -0.1) is 0 Å². The van der Waals surface area contributed by atoms with E-state index in [4.69, 9.17) is 15.6 Å². The number of fused-ring (bicyclic) bond motifs is 1. The smallest absolute Gasteiger partial charge is 0.303 e. The quantitative estimate of drug-likeness (QED) is 0.844. The molecule has 1 unspecified atom stereocenters. The standard InChI is InChI=1S/C13H18N2O3/c1-15-7-8-18-13-9(3-2-4-11(13)15)10(14)5-6-12(16)17/h2-4,10H,5-8,14H2,1H3,(H,16,17). The number of carboxylic acid groups (broad SMARTS) is 1. The summed E-state index contributed by atoms with van der Waals surface area (Å²) in [5.74, 6) is -0.0302. The van der Waals surface area contributed by atoms with Gasteiger partial charge < -0.3 is 20.5 Å². The number of anilines is 1. The van der Waals surface area contributed by atoms with E-state index in [0.717, 1.165) is 23.5 Å². The third-order valence-corrected chi connectivity index (χ3v) is 3.18. The average molecular weight is 250 g/mol. The minimum Gasteiger partial charge on any atom is -0.489 e. The van der Waals surface area contributed by atoms with Gasteiger partial charge in [0, 0.05) is 25.1 Å². The summed E-state index contributed by atoms with van der Waals surface area (Å²) in [4.78, 5) is 12.7. The Morgan fingerprint density at radius 3 is 3.11 bits per heavy atom. The number of nitrogens with zero attached hydrogens (tertiary/aromatic N) is 1. The van der Waals surface area contributed by atoms with Gasteiger partial charge in [0.2, 0.25) is 0 Å². The van der Waals surface area contributed by atoms with Crippen LogP contribution in [0.1, 0.15) is 24.4 Å². The second-order valence-electron chi connectivity index (χ2n) is 4.50. The molecule has 0 aromatic heterocycles. The molecule has 0 fully saturated rings. The van der Waals surface area contributed by atoms with Gasteiger partial charge >= 0.3 is 5.97 Å². The monoisotopic (exact) mass is 250 g/mol. The second kappa shape index (κ2) is 5.27. The molecule has 2 rings (SSSR count). The van der Waals surface area contributed by atoms with E-state index >= 15 is 0 Å². The van der Waals surface area contributed by atoms with Crippen molar-refractivity contribution in [1.82, 2.24) is 0 Å². The highest BCUT2D eigenvalue weighted by molar-refractivity contribution is 5.67. The molecule has 5 heteroatoms. The third-order valence-electron chi connectivity index (χ3n) is 3.18. The van der Waals surface area contributed by atoms with E-state index in [2.05, 4.69) is 4.90 Å². The Labute approximate surface area is 106 Å². The van der Waals surface area contributed by atoms with E-state index in [0.29, 0.717) is 13.0 Å². The van der Waals surface area contributed by atoms with Crippen molar-refractivity contribution >= 4 is 11.7 Å². The molecule has 5 nitrogen and oxygen atoms in total. The fourth-order valence-corrected chi connectivity index (χ4v) is 2.13. The van der Waals surface area contributed by atoms with Crippen LogP contribution < -0.4 is 15.4 Å². The zero-order valence-corrected chi connectivity index (χ0v) is 10.4. The zero-order valence-electron chi connectivity index (χ0n) is 10.4. The lowest BCUT2D eigenvalue weighted by Gasteiger charge is -2.30. The summed E-state index contributed by atoms with van der Waals surface area (Å²) in [5, 5.41) is 8.69. The van der Waals surface area contributed by atoms with E-state index in [1.807, 2.05) is 25.2 Å². The Morgan fingerprint density at radius 2 is 2.39 bits per heavy atom. The highest BCUT2D eigenvalue weighted by atomic mass is 16.5. The van der Waals surface area contributed by atoms with Crippen LogP contribution in [0.5, 0.6) is 5.75 Å². The van der Waals surface area contributed by atoms with Crippen molar-refractivity contribution in [2.75, 3.05) is 25.1 Å². The third kappa shape index (κ3) is 2.56. The van der Waals surface area contributed by atoms with Crippen LogP contribution >= 0.6 is 0 Å². The molecule has 0 saturated heterocycles. The molecule has 98 valence electrons. The Kier molecular flexibility index (Phi) is 3.72. The Bertz CT molecular complexity index is 448. The zero-order chi connectivity index (χ0) is 13.1. The molecule has 0 radical (unpaired) electrons. The number of benzene rings is 1. The van der Waals surface area contributed by atoms with Gasteiger partial charge in [-0.1, -0.05) is 12.1 Å². The molecule has 1 aromatic carbocycles. The number of aliphatic carboxylic acids is 1. The van der Waals surface area contributed by atoms with Gasteiger partial charge in [-0.25, -0.2) is 0 Å². The Hall–Kier alpha value is -1.75. The van der Waals surface area contributed by atoms with Gasteiger partial charge in [-0.05, 0) is 12.5 Å². The lowest BCUT2D eigenvalue weighted by atomic mass is 10.00. The summed E-state index contributed by atoms with van der Waals surface area (Å²) in [6, 6.07) is 5.52. The van der Waals surface area contributed by atoms with Crippen molar-refractivity contribution in [3.63, 3.8) is 0 Å². The van der Waals surface area contributed by atoms with Crippen LogP contribution in [0.25, 0.3) is 0 Å². The van der Waals surface area contributed by atoms with E-state index < -0.39 is 5.97 Å². The molecule has 0 spiro atoms. The van der Waals surface area contributed by atoms with Crippen molar-refractivity contribution in [3.05, 3.63) is 23.8 Å². The Balaban J connectivity index is 2.22. The molecule has 0 amide bonds. The molecule has 18 heavy (non-hydrogen) atoms. The predicted molar refractivity (Wildman–Crippen MR) is 69.0 cm³/mol. The summed E-state index contributed by atoms with van der Waals surface area (Å²) in [5.41, 5.74) is 7.96. The van der Waals surface area contributed by atoms with Gasteiger partial charge in [0.15, 0.2) is 0 Å². The van der Waals surface area contributed by atoms with Crippen LogP contribution in [-0.2, 0) is 4.79 Å². The van der Waals surface area contributed by atoms with E-state index in [9.17, 15) is 4.79 Å². The molecule has 1 aliphatic heterocycles. The lowest BCUT2D eigenvalue weighted by molar-refractivity contribution is -0.137. The molecule has 1 heterocycles. The van der Waals surface area contributed by atoms with E-state index in [1.54, 1.807) is 0 Å². The first-order chi connectivity index (χ1) is 8.59. The number of carbonyl (C=O) groups is 1. The van der Waals surface area contributed by atoms with Crippen molar-refractivity contribution in [2.24, 2.45) is 5.73 Å². The van der Waals surface area contributed by atoms with Crippen LogP contribution in [0.4, 0.5) is 5.69 Å². The molecule has 1 atom stereocenters. The number of hydrogen-bond acceptors (Lipinski definition) is 4. The van der Waals surface area contributed by atoms with Gasteiger partial charge in [0.05, 0.1) is 12.2 Å². The summed E-state index contributed by atoms with van der Waals surface area (Å²) >= 11 is 0. The number of likely N-dealkylation sites (N-methyl/N-ethyl adjacent to an activating group) is 1. The van der Waals surface area contributed by atoms with Crippen molar-refractivity contribution in [3.8, 4) is 5.75 Å². The molecule has 0 aliphatic carbocycles. The SMILES string of the molecule is CN1CCOc2c(C(N)CCC(=O)O)cccc21.